The van der Waals surface area contributed by atoms with Gasteiger partial charge in [-0.1, -0.05) is 59.1 Å². The van der Waals surface area contributed by atoms with Crippen LogP contribution in [0.2, 0.25) is 0 Å². The van der Waals surface area contributed by atoms with E-state index in [1.54, 1.807) is 35.2 Å². The fraction of sp³-hybridized carbons (Fsp3) is 0.548. The predicted molar refractivity (Wildman–Crippen MR) is 169 cm³/mol. The van der Waals surface area contributed by atoms with Crippen LogP contribution in [-0.2, 0) is 19.2 Å². The lowest BCUT2D eigenvalue weighted by Crippen LogP contribution is -2.48. The quantitative estimate of drug-likeness (QED) is 0.163. The summed E-state index contributed by atoms with van der Waals surface area (Å²) < 4.78 is 0.0175. The Morgan fingerprint density at radius 3 is 2.29 bits per heavy atom. The van der Waals surface area contributed by atoms with Crippen LogP contribution in [0.25, 0.3) is 0 Å². The van der Waals surface area contributed by atoms with E-state index in [0.717, 1.165) is 37.7 Å². The molecule has 41 heavy (non-hydrogen) atoms. The number of hydrogen-bond acceptors (Lipinski definition) is 6. The summed E-state index contributed by atoms with van der Waals surface area (Å²) in [5.74, 6) is -1.91. The van der Waals surface area contributed by atoms with Crippen LogP contribution >= 0.6 is 23.1 Å². The number of aliphatic carboxylic acids is 1. The number of nitrogens with one attached hydrogen (secondary N) is 3. The van der Waals surface area contributed by atoms with Gasteiger partial charge in [0.2, 0.25) is 17.7 Å². The summed E-state index contributed by atoms with van der Waals surface area (Å²) in [6.45, 7) is 10.4. The molecule has 0 saturated heterocycles. The lowest BCUT2D eigenvalue weighted by molar-refractivity contribution is -0.137. The van der Waals surface area contributed by atoms with Gasteiger partial charge < -0.3 is 21.1 Å². The number of aryl methyl sites for hydroxylation is 1. The van der Waals surface area contributed by atoms with E-state index in [1.807, 2.05) is 12.1 Å². The third-order valence-electron chi connectivity index (χ3n) is 7.00. The van der Waals surface area contributed by atoms with E-state index >= 15 is 0 Å². The molecule has 1 heterocycles. The van der Waals surface area contributed by atoms with E-state index in [1.165, 1.54) is 9.75 Å². The van der Waals surface area contributed by atoms with Crippen molar-refractivity contribution in [3.05, 3.63) is 51.7 Å². The first-order valence-corrected chi connectivity index (χ1v) is 16.2. The first kappa shape index (κ1) is 34.4. The maximum atomic E-state index is 13.0. The van der Waals surface area contributed by atoms with Crippen molar-refractivity contribution in [2.24, 2.45) is 0 Å². The van der Waals surface area contributed by atoms with Crippen LogP contribution in [-0.4, -0.2) is 51.9 Å². The molecule has 0 spiro atoms. The Bertz CT molecular complexity index is 1150. The van der Waals surface area contributed by atoms with Gasteiger partial charge in [0.15, 0.2) is 0 Å². The Morgan fingerprint density at radius 1 is 1.00 bits per heavy atom. The molecular weight excluding hydrogens is 558 g/mol. The zero-order valence-corrected chi connectivity index (χ0v) is 26.5. The number of unbranched alkanes of at least 4 members (excludes halogenated alkanes) is 1. The topological polar surface area (TPSA) is 125 Å². The summed E-state index contributed by atoms with van der Waals surface area (Å²) in [6.07, 6.45) is 4.93. The molecule has 1 aromatic heterocycles. The van der Waals surface area contributed by atoms with Gasteiger partial charge in [0.1, 0.15) is 6.04 Å². The summed E-state index contributed by atoms with van der Waals surface area (Å²) in [7, 11) is 0. The number of rotatable bonds is 18. The summed E-state index contributed by atoms with van der Waals surface area (Å²) in [6, 6.07) is 10.6. The Kier molecular flexibility index (Phi) is 14.4. The van der Waals surface area contributed by atoms with Crippen molar-refractivity contribution in [1.29, 1.82) is 0 Å². The molecule has 8 nitrogen and oxygen atoms in total. The summed E-state index contributed by atoms with van der Waals surface area (Å²) >= 11 is 3.36. The van der Waals surface area contributed by atoms with Crippen LogP contribution in [0.3, 0.4) is 0 Å². The first-order chi connectivity index (χ1) is 19.5. The van der Waals surface area contributed by atoms with Gasteiger partial charge in [-0.05, 0) is 56.0 Å². The molecule has 2 aromatic rings. The minimum atomic E-state index is -1.07. The molecule has 0 aliphatic rings. The van der Waals surface area contributed by atoms with Crippen LogP contribution < -0.4 is 16.0 Å². The number of thiophene rings is 1. The maximum Gasteiger partial charge on any atom is 0.303 e. The molecular formula is C31H45N3O5S2. The predicted octanol–water partition coefficient (Wildman–Crippen LogP) is 6.09. The normalized spacial score (nSPS) is 14.0. The van der Waals surface area contributed by atoms with Gasteiger partial charge in [0, 0.05) is 32.5 Å². The lowest BCUT2D eigenvalue weighted by atomic mass is 9.98. The van der Waals surface area contributed by atoms with Crippen LogP contribution in [0.4, 0.5) is 5.69 Å². The standard InChI is InChI=1S/C31H45N3O5S2/c1-6-8-18-31(5,17-7-2)40-20-28(36)32-19-27(35)34-25(14-16-29(37)38)30(39)33-24-12-10-23(11-13-24)22(4)26-15-9-21(3)41-26/h9-13,15,22,25H,6-8,14,16-20H2,1-5H3,(H,32,36)(H,33,39)(H,34,35)(H,37,38)/t22-,25+,31?/m1/s1. The fourth-order valence-electron chi connectivity index (χ4n) is 4.54. The van der Waals surface area contributed by atoms with Gasteiger partial charge in [-0.25, -0.2) is 0 Å². The lowest BCUT2D eigenvalue weighted by Gasteiger charge is -2.28. The SMILES string of the molecule is CCCCC(C)(CCC)SCC(=O)NCC(=O)N[C@@H](CCC(=O)O)C(=O)Nc1ccc([C@@H](C)c2ccc(C)s2)cc1. The van der Waals surface area contributed by atoms with Crippen LogP contribution in [0.15, 0.2) is 36.4 Å². The smallest absolute Gasteiger partial charge is 0.303 e. The van der Waals surface area contributed by atoms with Gasteiger partial charge in [-0.3, -0.25) is 19.2 Å². The second-order valence-electron chi connectivity index (χ2n) is 10.7. The van der Waals surface area contributed by atoms with E-state index in [0.29, 0.717) is 5.69 Å². The highest BCUT2D eigenvalue weighted by molar-refractivity contribution is 8.01. The third-order valence-corrected chi connectivity index (χ3v) is 9.70. The fourth-order valence-corrected chi connectivity index (χ4v) is 6.71. The van der Waals surface area contributed by atoms with Crippen molar-refractivity contribution in [2.75, 3.05) is 17.6 Å². The molecule has 0 radical (unpaired) electrons. The van der Waals surface area contributed by atoms with E-state index in [9.17, 15) is 19.2 Å². The molecule has 1 aromatic carbocycles. The van der Waals surface area contributed by atoms with Crippen molar-refractivity contribution >= 4 is 52.5 Å². The molecule has 0 aliphatic heterocycles. The van der Waals surface area contributed by atoms with Crippen LogP contribution in [0.1, 0.15) is 93.9 Å². The van der Waals surface area contributed by atoms with Crippen molar-refractivity contribution in [3.63, 3.8) is 0 Å². The molecule has 1 unspecified atom stereocenters. The Morgan fingerprint density at radius 2 is 1.71 bits per heavy atom. The maximum absolute atomic E-state index is 13.0. The Labute approximate surface area is 252 Å². The molecule has 226 valence electrons. The molecule has 3 atom stereocenters. The first-order valence-electron chi connectivity index (χ1n) is 14.3. The number of carbonyl (C=O) groups excluding carboxylic acids is 3. The number of hydrogen-bond donors (Lipinski definition) is 4. The largest absolute Gasteiger partial charge is 0.481 e. The number of anilines is 1. The number of thioether (sulfide) groups is 1. The zero-order valence-electron chi connectivity index (χ0n) is 24.9. The van der Waals surface area contributed by atoms with Gasteiger partial charge in [-0.15, -0.1) is 23.1 Å². The van der Waals surface area contributed by atoms with E-state index in [4.69, 9.17) is 5.11 Å². The van der Waals surface area contributed by atoms with E-state index in [2.05, 4.69) is 62.7 Å². The van der Waals surface area contributed by atoms with Crippen molar-refractivity contribution in [2.45, 2.75) is 96.3 Å². The van der Waals surface area contributed by atoms with Gasteiger partial charge in [0.05, 0.1) is 12.3 Å². The van der Waals surface area contributed by atoms with E-state index in [-0.39, 0.29) is 41.7 Å². The van der Waals surface area contributed by atoms with Crippen LogP contribution in [0, 0.1) is 6.92 Å². The molecule has 0 saturated carbocycles. The number of carboxylic acids is 1. The van der Waals surface area contributed by atoms with Gasteiger partial charge in [0.25, 0.3) is 0 Å². The van der Waals surface area contributed by atoms with Crippen molar-refractivity contribution < 1.29 is 24.3 Å². The molecule has 0 aliphatic carbocycles. The monoisotopic (exact) mass is 603 g/mol. The van der Waals surface area contributed by atoms with Gasteiger partial charge in [-0.2, -0.15) is 0 Å². The molecule has 2 rings (SSSR count). The number of benzene rings is 1. The number of carboxylic acid groups (broad SMARTS) is 1. The third kappa shape index (κ3) is 12.3. The van der Waals surface area contributed by atoms with Crippen molar-refractivity contribution in [1.82, 2.24) is 10.6 Å². The highest BCUT2D eigenvalue weighted by Crippen LogP contribution is 2.35. The van der Waals surface area contributed by atoms with E-state index < -0.39 is 23.8 Å². The van der Waals surface area contributed by atoms with Crippen LogP contribution in [0.5, 0.6) is 0 Å². The second-order valence-corrected chi connectivity index (χ2v) is 13.6. The Balaban J connectivity index is 1.92. The average molecular weight is 604 g/mol. The highest BCUT2D eigenvalue weighted by atomic mass is 32.2. The highest BCUT2D eigenvalue weighted by Gasteiger charge is 2.25. The summed E-state index contributed by atoms with van der Waals surface area (Å²) in [4.78, 5) is 51.7. The average Bonchev–Trinajstić information content (AvgIpc) is 3.38. The Hall–Kier alpha value is -2.85. The molecule has 3 amide bonds. The second kappa shape index (κ2) is 17.2. The minimum Gasteiger partial charge on any atom is -0.481 e. The summed E-state index contributed by atoms with van der Waals surface area (Å²) in [5.41, 5.74) is 1.65. The molecule has 4 N–H and O–H groups in total. The molecule has 0 bridgehead atoms. The molecule has 0 fully saturated rings. The number of carbonyl (C=O) groups is 4. The minimum absolute atomic E-state index is 0.0175. The number of amides is 3. The van der Waals surface area contributed by atoms with Gasteiger partial charge >= 0.3 is 5.97 Å². The van der Waals surface area contributed by atoms with Crippen molar-refractivity contribution in [3.8, 4) is 0 Å². The summed E-state index contributed by atoms with van der Waals surface area (Å²) in [5, 5.41) is 17.1. The zero-order chi connectivity index (χ0) is 30.4. The molecule has 10 heteroatoms.